The van der Waals surface area contributed by atoms with Gasteiger partial charge in [0.1, 0.15) is 34.5 Å². The molecule has 2 N–H and O–H groups in total. The van der Waals surface area contributed by atoms with Crippen LogP contribution < -0.4 is 5.32 Å². The molecule has 3 aliphatic heterocycles. The molecule has 0 saturated carbocycles. The zero-order valence-electron chi connectivity index (χ0n) is 15.3. The minimum Gasteiger partial charge on any atom is -0.480 e. The van der Waals surface area contributed by atoms with Crippen molar-refractivity contribution in [2.45, 2.75) is 29.1 Å². The van der Waals surface area contributed by atoms with E-state index in [0.717, 1.165) is 5.56 Å². The summed E-state index contributed by atoms with van der Waals surface area (Å²) in [7, 11) is 0. The third-order valence-corrected chi connectivity index (χ3v) is 7.23. The largest absolute Gasteiger partial charge is 0.480 e. The van der Waals surface area contributed by atoms with E-state index in [-0.39, 0.29) is 18.8 Å². The first-order chi connectivity index (χ1) is 13.9. The first kappa shape index (κ1) is 18.2. The number of fused-ring (bicyclic) bond motifs is 1. The smallest absolute Gasteiger partial charge is 0.328 e. The number of hydrogen-bond acceptors (Lipinski definition) is 7. The van der Waals surface area contributed by atoms with Gasteiger partial charge in [-0.3, -0.25) is 9.59 Å². The van der Waals surface area contributed by atoms with E-state index in [1.165, 1.54) is 16.7 Å². The Morgan fingerprint density at radius 2 is 2.03 bits per heavy atom. The Balaban J connectivity index is 1.39. The number of nitrogens with one attached hydrogen (secondary N) is 1. The van der Waals surface area contributed by atoms with Crippen molar-refractivity contribution in [1.82, 2.24) is 15.4 Å². The topological polar surface area (TPSA) is 122 Å². The Morgan fingerprint density at radius 1 is 1.31 bits per heavy atom. The molecule has 3 fully saturated rings. The Kier molecular flexibility index (Phi) is 3.97. The van der Waals surface area contributed by atoms with E-state index in [1.54, 1.807) is 6.92 Å². The SMILES string of the molecule is Cc1onc(-c2ccccc2)c1C(=O)NC1C(=O)N2C(C(=O)O)C3(COC3)S[C@@H]12. The molecule has 29 heavy (non-hydrogen) atoms. The van der Waals surface area contributed by atoms with Gasteiger partial charge in [-0.25, -0.2) is 4.79 Å². The number of hydrogen-bond donors (Lipinski definition) is 2. The normalized spacial score (nSPS) is 26.6. The second-order valence-corrected chi connectivity index (χ2v) is 8.86. The molecule has 1 aromatic heterocycles. The predicted molar refractivity (Wildman–Crippen MR) is 101 cm³/mol. The highest BCUT2D eigenvalue weighted by Gasteiger charge is 2.69. The number of carbonyl (C=O) groups excluding carboxylic acids is 2. The fraction of sp³-hybridized carbons (Fsp3) is 0.368. The number of thioether (sulfide) groups is 1. The molecule has 1 spiro atoms. The number of aliphatic carboxylic acids is 1. The van der Waals surface area contributed by atoms with Crippen molar-refractivity contribution in [2.24, 2.45) is 0 Å². The molecule has 9 nitrogen and oxygen atoms in total. The standard InChI is InChI=1S/C19H17N3O6S/c1-9-11(12(21-28-9)10-5-3-2-4-6-10)15(23)20-13-16(24)22-14(18(25)26)19(7-27-8-19)29-17(13)22/h2-6,13-14,17H,7-8H2,1H3,(H,20,23)(H,25,26)/t13?,14?,17-/m0/s1. The van der Waals surface area contributed by atoms with Gasteiger partial charge < -0.3 is 24.6 Å². The average Bonchev–Trinajstić information content (AvgIpc) is 3.23. The van der Waals surface area contributed by atoms with Gasteiger partial charge in [0.15, 0.2) is 0 Å². The lowest BCUT2D eigenvalue weighted by Crippen LogP contribution is -2.71. The van der Waals surface area contributed by atoms with Gasteiger partial charge in [0.25, 0.3) is 5.91 Å². The quantitative estimate of drug-likeness (QED) is 0.706. The van der Waals surface area contributed by atoms with Crippen LogP contribution in [0, 0.1) is 6.92 Å². The molecule has 1 aromatic carbocycles. The minimum absolute atomic E-state index is 0.266. The molecule has 2 unspecified atom stereocenters. The van der Waals surface area contributed by atoms with Crippen LogP contribution in [-0.2, 0) is 14.3 Å². The van der Waals surface area contributed by atoms with Crippen LogP contribution in [0.4, 0.5) is 0 Å². The highest BCUT2D eigenvalue weighted by Crippen LogP contribution is 2.54. The zero-order chi connectivity index (χ0) is 20.3. The number of rotatable bonds is 4. The van der Waals surface area contributed by atoms with E-state index in [9.17, 15) is 19.5 Å². The third kappa shape index (κ3) is 2.52. The second-order valence-electron chi connectivity index (χ2n) is 7.33. The number of nitrogens with zero attached hydrogens (tertiary/aromatic N) is 2. The Bertz CT molecular complexity index is 1020. The number of aryl methyl sites for hydroxylation is 1. The van der Waals surface area contributed by atoms with Gasteiger partial charge in [-0.05, 0) is 6.92 Å². The first-order valence-corrected chi connectivity index (χ1v) is 9.94. The molecule has 5 rings (SSSR count). The van der Waals surface area contributed by atoms with Gasteiger partial charge in [-0.15, -0.1) is 11.8 Å². The predicted octanol–water partition coefficient (Wildman–Crippen LogP) is 0.886. The van der Waals surface area contributed by atoms with Gasteiger partial charge in [-0.2, -0.15) is 0 Å². The number of amides is 2. The maximum Gasteiger partial charge on any atom is 0.328 e. The number of benzene rings is 1. The lowest BCUT2D eigenvalue weighted by atomic mass is 9.91. The highest BCUT2D eigenvalue weighted by molar-refractivity contribution is 8.01. The lowest BCUT2D eigenvalue weighted by Gasteiger charge is -2.44. The van der Waals surface area contributed by atoms with Crippen molar-refractivity contribution in [3.8, 4) is 11.3 Å². The summed E-state index contributed by atoms with van der Waals surface area (Å²) in [5.41, 5.74) is 1.39. The van der Waals surface area contributed by atoms with E-state index >= 15 is 0 Å². The van der Waals surface area contributed by atoms with Crippen molar-refractivity contribution in [3.63, 3.8) is 0 Å². The Labute approximate surface area is 169 Å². The molecule has 150 valence electrons. The van der Waals surface area contributed by atoms with E-state index in [4.69, 9.17) is 9.26 Å². The van der Waals surface area contributed by atoms with E-state index < -0.39 is 40.0 Å². The maximum absolute atomic E-state index is 13.0. The molecule has 2 amide bonds. The van der Waals surface area contributed by atoms with Crippen molar-refractivity contribution >= 4 is 29.5 Å². The number of aromatic nitrogens is 1. The minimum atomic E-state index is -1.05. The fourth-order valence-electron chi connectivity index (χ4n) is 4.10. The number of β-lactam (4-membered cyclic amide) rings is 1. The van der Waals surface area contributed by atoms with E-state index in [0.29, 0.717) is 11.5 Å². The Morgan fingerprint density at radius 3 is 2.66 bits per heavy atom. The van der Waals surface area contributed by atoms with Crippen LogP contribution in [0.15, 0.2) is 34.9 Å². The van der Waals surface area contributed by atoms with Crippen LogP contribution in [0.25, 0.3) is 11.3 Å². The molecule has 0 bridgehead atoms. The number of carboxylic acids is 1. The number of carboxylic acid groups (broad SMARTS) is 1. The molecule has 3 aliphatic rings. The lowest BCUT2D eigenvalue weighted by molar-refractivity contribution is -0.165. The molecule has 0 aliphatic carbocycles. The molecule has 3 saturated heterocycles. The fourth-order valence-corrected chi connectivity index (χ4v) is 5.88. The number of ether oxygens (including phenoxy) is 1. The molecular weight excluding hydrogens is 398 g/mol. The van der Waals surface area contributed by atoms with Gasteiger partial charge in [0, 0.05) is 5.56 Å². The summed E-state index contributed by atoms with van der Waals surface area (Å²) in [5.74, 6) is -1.58. The molecule has 4 heterocycles. The van der Waals surface area contributed by atoms with Crippen LogP contribution in [0.2, 0.25) is 0 Å². The zero-order valence-corrected chi connectivity index (χ0v) is 16.1. The first-order valence-electron chi connectivity index (χ1n) is 9.06. The van der Waals surface area contributed by atoms with Crippen molar-refractivity contribution < 1.29 is 28.8 Å². The van der Waals surface area contributed by atoms with Crippen molar-refractivity contribution in [2.75, 3.05) is 13.2 Å². The van der Waals surface area contributed by atoms with Crippen LogP contribution in [0.3, 0.4) is 0 Å². The summed E-state index contributed by atoms with van der Waals surface area (Å²) in [6.45, 7) is 2.19. The van der Waals surface area contributed by atoms with Crippen LogP contribution in [0.1, 0.15) is 16.1 Å². The summed E-state index contributed by atoms with van der Waals surface area (Å²) in [5, 5.41) is 15.9. The molecule has 2 aromatic rings. The summed E-state index contributed by atoms with van der Waals surface area (Å²) in [6.07, 6.45) is 0. The summed E-state index contributed by atoms with van der Waals surface area (Å²) < 4.78 is 9.80. The van der Waals surface area contributed by atoms with Crippen molar-refractivity contribution in [3.05, 3.63) is 41.7 Å². The molecule has 10 heteroatoms. The van der Waals surface area contributed by atoms with Crippen molar-refractivity contribution in [1.29, 1.82) is 0 Å². The van der Waals surface area contributed by atoms with E-state index in [2.05, 4.69) is 10.5 Å². The van der Waals surface area contributed by atoms with Gasteiger partial charge in [-0.1, -0.05) is 35.5 Å². The molecule has 3 atom stereocenters. The second kappa shape index (κ2) is 6.33. The molecular formula is C19H17N3O6S. The summed E-state index contributed by atoms with van der Waals surface area (Å²) >= 11 is 1.39. The van der Waals surface area contributed by atoms with Gasteiger partial charge in [0.05, 0.1) is 18.0 Å². The third-order valence-electron chi connectivity index (χ3n) is 5.56. The summed E-state index contributed by atoms with van der Waals surface area (Å²) in [4.78, 5) is 38.8. The summed E-state index contributed by atoms with van der Waals surface area (Å²) in [6, 6.07) is 7.40. The average molecular weight is 415 g/mol. The van der Waals surface area contributed by atoms with Crippen LogP contribution in [0.5, 0.6) is 0 Å². The highest BCUT2D eigenvalue weighted by atomic mass is 32.2. The van der Waals surface area contributed by atoms with Gasteiger partial charge in [0.2, 0.25) is 5.91 Å². The van der Waals surface area contributed by atoms with Crippen LogP contribution >= 0.6 is 11.8 Å². The Hall–Kier alpha value is -2.85. The monoisotopic (exact) mass is 415 g/mol. The van der Waals surface area contributed by atoms with Crippen LogP contribution in [-0.4, -0.2) is 68.4 Å². The number of carbonyl (C=O) groups is 3. The maximum atomic E-state index is 13.0. The molecule has 0 radical (unpaired) electrons. The van der Waals surface area contributed by atoms with E-state index in [1.807, 2.05) is 30.3 Å². The van der Waals surface area contributed by atoms with Gasteiger partial charge >= 0.3 is 5.97 Å².